The molecule has 0 aliphatic carbocycles. The molecule has 0 spiro atoms. The van der Waals surface area contributed by atoms with Crippen molar-refractivity contribution in [3.8, 4) is 67.8 Å². The van der Waals surface area contributed by atoms with Gasteiger partial charge in [-0.25, -0.2) is 9.97 Å². The highest BCUT2D eigenvalue weighted by atomic mass is 32.2. The molecule has 6 aromatic heterocycles. The maximum absolute atomic E-state index is 4.87. The van der Waals surface area contributed by atoms with Gasteiger partial charge in [0, 0.05) is 44.1 Å². The Morgan fingerprint density at radius 1 is 0.284 bits per heavy atom. The molecule has 74 heavy (non-hydrogen) atoms. The minimum atomic E-state index is 0.213. The normalized spacial score (nSPS) is 11.6. The number of benzene rings is 4. The second kappa shape index (κ2) is 23.7. The molecular formula is C66H58N6S2. The summed E-state index contributed by atoms with van der Waals surface area (Å²) in [4.78, 5) is 30.4. The molecule has 0 atom stereocenters. The molecular weight excluding hydrogens is 941 g/mol. The van der Waals surface area contributed by atoms with Gasteiger partial charge in [-0.15, -0.1) is 23.5 Å². The maximum atomic E-state index is 4.87. The molecule has 0 fully saturated rings. The molecule has 8 heteroatoms. The van der Waals surface area contributed by atoms with Gasteiger partial charge in [-0.1, -0.05) is 163 Å². The molecule has 4 aromatic carbocycles. The third-order valence-electron chi connectivity index (χ3n) is 11.4. The highest BCUT2D eigenvalue weighted by Crippen LogP contribution is 2.35. The van der Waals surface area contributed by atoms with Crippen LogP contribution in [-0.4, -0.2) is 39.4 Å². The minimum absolute atomic E-state index is 0.213. The van der Waals surface area contributed by atoms with Crippen LogP contribution in [0, 0.1) is 0 Å². The van der Waals surface area contributed by atoms with Crippen molar-refractivity contribution in [1.29, 1.82) is 0 Å². The van der Waals surface area contributed by atoms with E-state index in [4.69, 9.17) is 9.97 Å². The Labute approximate surface area is 445 Å². The lowest BCUT2D eigenvalue weighted by Crippen LogP contribution is -2.06. The van der Waals surface area contributed by atoms with Gasteiger partial charge in [0.25, 0.3) is 0 Å². The summed E-state index contributed by atoms with van der Waals surface area (Å²) in [5.74, 6) is 0. The van der Waals surface area contributed by atoms with Crippen molar-refractivity contribution in [2.75, 3.05) is 0 Å². The molecule has 0 aliphatic heterocycles. The van der Waals surface area contributed by atoms with Gasteiger partial charge in [0.1, 0.15) is 0 Å². The largest absolute Gasteiger partial charge is 0.255 e. The van der Waals surface area contributed by atoms with Crippen molar-refractivity contribution in [1.82, 2.24) is 29.9 Å². The number of aromatic nitrogens is 6. The first-order valence-corrected chi connectivity index (χ1v) is 26.3. The Balaban J connectivity index is 0.000000182. The van der Waals surface area contributed by atoms with Crippen molar-refractivity contribution < 1.29 is 0 Å². The first-order chi connectivity index (χ1) is 35.9. The van der Waals surface area contributed by atoms with Gasteiger partial charge in [-0.05, 0) is 142 Å². The molecule has 6 heterocycles. The van der Waals surface area contributed by atoms with E-state index in [0.29, 0.717) is 0 Å². The number of nitrogens with zero attached hydrogens (tertiary/aromatic N) is 6. The van der Waals surface area contributed by atoms with E-state index < -0.39 is 0 Å². The van der Waals surface area contributed by atoms with Crippen molar-refractivity contribution in [3.05, 3.63) is 241 Å². The predicted molar refractivity (Wildman–Crippen MR) is 314 cm³/mol. The van der Waals surface area contributed by atoms with Crippen molar-refractivity contribution in [3.63, 3.8) is 0 Å². The number of hydrogen-bond acceptors (Lipinski definition) is 8. The van der Waals surface area contributed by atoms with Gasteiger partial charge >= 0.3 is 0 Å². The first-order valence-electron chi connectivity index (χ1n) is 24.7. The van der Waals surface area contributed by atoms with Crippen LogP contribution in [0.4, 0.5) is 0 Å². The van der Waals surface area contributed by atoms with Crippen LogP contribution in [0.25, 0.3) is 92.1 Å². The van der Waals surface area contributed by atoms with E-state index in [1.165, 1.54) is 20.9 Å². The molecule has 10 rings (SSSR count). The molecule has 0 N–H and O–H groups in total. The Morgan fingerprint density at radius 3 is 0.770 bits per heavy atom. The topological polar surface area (TPSA) is 77.3 Å². The van der Waals surface area contributed by atoms with E-state index in [0.717, 1.165) is 78.9 Å². The summed E-state index contributed by atoms with van der Waals surface area (Å²) >= 11 is 3.77. The molecule has 6 nitrogen and oxygen atoms in total. The molecule has 0 radical (unpaired) electrons. The van der Waals surface area contributed by atoms with Crippen molar-refractivity contribution >= 4 is 47.8 Å². The van der Waals surface area contributed by atoms with Crippen LogP contribution in [0.2, 0.25) is 0 Å². The highest BCUT2D eigenvalue weighted by Gasteiger charge is 2.14. The van der Waals surface area contributed by atoms with Gasteiger partial charge in [-0.3, -0.25) is 19.9 Å². The van der Waals surface area contributed by atoms with Crippen molar-refractivity contribution in [2.45, 2.75) is 60.8 Å². The van der Waals surface area contributed by atoms with Crippen LogP contribution in [0.1, 0.15) is 63.8 Å². The summed E-state index contributed by atoms with van der Waals surface area (Å²) in [5, 5.41) is 0. The molecule has 364 valence electrons. The quantitative estimate of drug-likeness (QED) is 0.0885. The fourth-order valence-corrected chi connectivity index (χ4v) is 9.89. The summed E-state index contributed by atoms with van der Waals surface area (Å²) < 4.78 is 0.426. The molecule has 0 amide bonds. The zero-order chi connectivity index (χ0) is 51.3. The van der Waals surface area contributed by atoms with Crippen LogP contribution >= 0.6 is 23.5 Å². The lowest BCUT2D eigenvalue weighted by Gasteiger charge is -2.17. The predicted octanol–water partition coefficient (Wildman–Crippen LogP) is 17.9. The van der Waals surface area contributed by atoms with Gasteiger partial charge in [0.15, 0.2) is 0 Å². The SMILES string of the molecule is CC(C)(C)Sc1ccc(/C=C/c2ccc(-c3cc(-c4ccccn4)nc(-c4ccccn4)c3)cc2)cc1.CC(C)(C)Sc1ccc(/C=C/c2ccc(-c3cc(-c4ccccn4)nc(-c4ccccn4)c3)cc2)cc1. The lowest BCUT2D eigenvalue weighted by atomic mass is 10.0. The van der Waals surface area contributed by atoms with E-state index in [9.17, 15) is 0 Å². The standard InChI is InChI=1S/2C33H29N3S/c2*1-33(2,3)37-28-18-14-25(15-19-28)11-10-24-12-16-26(17-13-24)27-22-31(29-8-4-6-20-34-29)36-32(23-27)30-9-5-7-21-35-30/h2*4-23H,1-3H3/b2*11-10+. The second-order valence-corrected chi connectivity index (χ2v) is 23.4. The smallest absolute Gasteiger partial charge is 0.0900 e. The monoisotopic (exact) mass is 998 g/mol. The summed E-state index contributed by atoms with van der Waals surface area (Å²) in [6, 6.07) is 66.6. The number of rotatable bonds is 12. The van der Waals surface area contributed by atoms with E-state index in [1.54, 1.807) is 24.8 Å². The third-order valence-corrected chi connectivity index (χ3v) is 13.6. The zero-order valence-electron chi connectivity index (χ0n) is 42.6. The Hall–Kier alpha value is -8.04. The first kappa shape index (κ1) is 50.9. The van der Waals surface area contributed by atoms with Crippen molar-refractivity contribution in [2.24, 2.45) is 0 Å². The molecule has 0 bridgehead atoms. The van der Waals surface area contributed by atoms with Gasteiger partial charge < -0.3 is 0 Å². The van der Waals surface area contributed by atoms with E-state index in [1.807, 2.05) is 96.3 Å². The van der Waals surface area contributed by atoms with Gasteiger partial charge in [0.05, 0.1) is 45.6 Å². The number of pyridine rings is 6. The summed E-state index contributed by atoms with van der Waals surface area (Å²) in [5.41, 5.74) is 15.8. The van der Waals surface area contributed by atoms with Crippen LogP contribution < -0.4 is 0 Å². The average Bonchev–Trinajstić information content (AvgIpc) is 3.43. The molecule has 10 aromatic rings. The van der Waals surface area contributed by atoms with Gasteiger partial charge in [-0.2, -0.15) is 0 Å². The second-order valence-electron chi connectivity index (χ2n) is 19.6. The highest BCUT2D eigenvalue weighted by molar-refractivity contribution is 8.00. The van der Waals surface area contributed by atoms with Crippen LogP contribution in [0.15, 0.2) is 229 Å². The van der Waals surface area contributed by atoms with E-state index >= 15 is 0 Å². The molecule has 0 aliphatic rings. The Bertz CT molecular complexity index is 3090. The summed E-state index contributed by atoms with van der Waals surface area (Å²) in [6.07, 6.45) is 15.8. The lowest BCUT2D eigenvalue weighted by molar-refractivity contribution is 0.802. The fraction of sp³-hybridized carbons (Fsp3) is 0.121. The van der Waals surface area contributed by atoms with Gasteiger partial charge in [0.2, 0.25) is 0 Å². The van der Waals surface area contributed by atoms with Crippen LogP contribution in [0.3, 0.4) is 0 Å². The number of hydrogen-bond donors (Lipinski definition) is 0. The minimum Gasteiger partial charge on any atom is -0.255 e. The molecule has 0 unspecified atom stereocenters. The van der Waals surface area contributed by atoms with Crippen LogP contribution in [0.5, 0.6) is 0 Å². The Kier molecular flexibility index (Phi) is 16.3. The fourth-order valence-electron chi connectivity index (χ4n) is 7.94. The zero-order valence-corrected chi connectivity index (χ0v) is 44.2. The summed E-state index contributed by atoms with van der Waals surface area (Å²) in [6.45, 7) is 13.4. The maximum Gasteiger partial charge on any atom is 0.0900 e. The van der Waals surface area contributed by atoms with Crippen LogP contribution in [-0.2, 0) is 0 Å². The molecule has 0 saturated heterocycles. The third kappa shape index (κ3) is 14.6. The number of thioether (sulfide) groups is 2. The van der Waals surface area contributed by atoms with E-state index in [-0.39, 0.29) is 9.49 Å². The average molecular weight is 999 g/mol. The van der Waals surface area contributed by atoms with E-state index in [2.05, 4.69) is 207 Å². The molecule has 0 saturated carbocycles. The Morgan fingerprint density at radius 2 is 0.541 bits per heavy atom. The summed E-state index contributed by atoms with van der Waals surface area (Å²) in [7, 11) is 0.